The van der Waals surface area contributed by atoms with Gasteiger partial charge in [0, 0.05) is 0 Å². The van der Waals surface area contributed by atoms with Crippen molar-refractivity contribution in [1.29, 1.82) is 0 Å². The maximum Gasteiger partial charge on any atom is 0.327 e. The highest BCUT2D eigenvalue weighted by Crippen LogP contribution is 2.35. The van der Waals surface area contributed by atoms with Gasteiger partial charge in [0.25, 0.3) is 5.91 Å². The smallest absolute Gasteiger partial charge is 0.327 e. The minimum absolute atomic E-state index is 0.240. The van der Waals surface area contributed by atoms with Crippen molar-refractivity contribution in [3.05, 3.63) is 34.7 Å². The second-order valence-corrected chi connectivity index (χ2v) is 7.03. The van der Waals surface area contributed by atoms with Crippen molar-refractivity contribution in [2.24, 2.45) is 5.92 Å². The van der Waals surface area contributed by atoms with E-state index in [1.54, 1.807) is 39.2 Å². The topological polar surface area (TPSA) is 66.8 Å². The molecule has 1 N–H and O–H groups in total. The molecule has 1 atom stereocenters. The van der Waals surface area contributed by atoms with Crippen molar-refractivity contribution in [3.8, 4) is 5.75 Å². The Bertz CT molecular complexity index is 667. The predicted molar refractivity (Wildman–Crippen MR) is 94.3 cm³/mol. The van der Waals surface area contributed by atoms with Crippen molar-refractivity contribution in [3.63, 3.8) is 0 Å². The van der Waals surface area contributed by atoms with Crippen LogP contribution in [0.3, 0.4) is 0 Å². The van der Waals surface area contributed by atoms with Crippen LogP contribution in [0.15, 0.2) is 29.2 Å². The van der Waals surface area contributed by atoms with Gasteiger partial charge in [-0.1, -0.05) is 50.0 Å². The number of hydrogen-bond acceptors (Lipinski definition) is 5. The number of rotatable bonds is 5. The molecule has 1 amide bonds. The van der Waals surface area contributed by atoms with Crippen LogP contribution in [-0.4, -0.2) is 39.4 Å². The zero-order valence-electron chi connectivity index (χ0n) is 13.0. The molecule has 1 aromatic rings. The summed E-state index contributed by atoms with van der Waals surface area (Å²) >= 11 is 6.33. The molecule has 1 heterocycles. The number of carboxylic acids is 1. The second kappa shape index (κ2) is 7.14. The fraction of sp³-hybridized carbons (Fsp3) is 0.312. The van der Waals surface area contributed by atoms with Crippen LogP contribution in [0.2, 0.25) is 0 Å². The van der Waals surface area contributed by atoms with Gasteiger partial charge in [0.2, 0.25) is 0 Å². The molecule has 122 valence electrons. The standard InChI is InChI=1S/C16H17NO4S2/c1-9(2)13(15(19)20)17-14(18)12(23-16(17)22)8-10-4-6-11(21-3)7-5-10/h4-9,13H,1-3H3,(H,19,20)/b12-8+. The van der Waals surface area contributed by atoms with Crippen LogP contribution < -0.4 is 4.74 Å². The Labute approximate surface area is 144 Å². The van der Waals surface area contributed by atoms with Gasteiger partial charge in [-0.25, -0.2) is 4.79 Å². The first-order chi connectivity index (χ1) is 10.8. The Balaban J connectivity index is 2.29. The van der Waals surface area contributed by atoms with Crippen LogP contribution in [0.25, 0.3) is 6.08 Å². The summed E-state index contributed by atoms with van der Waals surface area (Å²) in [4.78, 5) is 25.6. The van der Waals surface area contributed by atoms with Gasteiger partial charge in [0.05, 0.1) is 12.0 Å². The molecule has 0 aromatic heterocycles. The summed E-state index contributed by atoms with van der Waals surface area (Å²) in [6.45, 7) is 3.51. The first-order valence-electron chi connectivity index (χ1n) is 6.99. The van der Waals surface area contributed by atoms with E-state index in [1.807, 2.05) is 12.1 Å². The lowest BCUT2D eigenvalue weighted by molar-refractivity contribution is -0.146. The summed E-state index contributed by atoms with van der Waals surface area (Å²) in [5, 5.41) is 9.38. The Hall–Kier alpha value is -1.86. The quantitative estimate of drug-likeness (QED) is 0.650. The monoisotopic (exact) mass is 351 g/mol. The summed E-state index contributed by atoms with van der Waals surface area (Å²) in [5.41, 5.74) is 0.822. The fourth-order valence-electron chi connectivity index (χ4n) is 2.26. The van der Waals surface area contributed by atoms with Crippen molar-refractivity contribution in [2.45, 2.75) is 19.9 Å². The number of nitrogens with zero attached hydrogens (tertiary/aromatic N) is 1. The van der Waals surface area contributed by atoms with Crippen LogP contribution in [0.5, 0.6) is 5.75 Å². The molecule has 0 aliphatic carbocycles. The molecule has 1 unspecified atom stereocenters. The molecular formula is C16H17NO4S2. The molecule has 1 fully saturated rings. The first kappa shape index (κ1) is 17.5. The van der Waals surface area contributed by atoms with Gasteiger partial charge in [-0.2, -0.15) is 0 Å². The van der Waals surface area contributed by atoms with Gasteiger partial charge < -0.3 is 9.84 Å². The highest BCUT2D eigenvalue weighted by Gasteiger charge is 2.41. The normalized spacial score (nSPS) is 17.9. The number of benzene rings is 1. The zero-order valence-corrected chi connectivity index (χ0v) is 14.6. The number of carbonyl (C=O) groups excluding carboxylic acids is 1. The lowest BCUT2D eigenvalue weighted by Crippen LogP contribution is -2.47. The number of aliphatic carboxylic acids is 1. The number of hydrogen-bond donors (Lipinski definition) is 1. The number of carboxylic acid groups (broad SMARTS) is 1. The Morgan fingerprint density at radius 3 is 2.43 bits per heavy atom. The van der Waals surface area contributed by atoms with Crippen molar-refractivity contribution in [2.75, 3.05) is 7.11 Å². The lowest BCUT2D eigenvalue weighted by atomic mass is 10.0. The van der Waals surface area contributed by atoms with Gasteiger partial charge >= 0.3 is 5.97 Å². The third-order valence-electron chi connectivity index (χ3n) is 3.40. The Morgan fingerprint density at radius 1 is 1.35 bits per heavy atom. The molecule has 23 heavy (non-hydrogen) atoms. The molecule has 5 nitrogen and oxygen atoms in total. The van der Waals surface area contributed by atoms with E-state index in [0.717, 1.165) is 23.1 Å². The highest BCUT2D eigenvalue weighted by molar-refractivity contribution is 8.26. The second-order valence-electron chi connectivity index (χ2n) is 5.35. The average Bonchev–Trinajstić information content (AvgIpc) is 2.75. The van der Waals surface area contributed by atoms with E-state index in [4.69, 9.17) is 17.0 Å². The molecule has 0 saturated carbocycles. The van der Waals surface area contributed by atoms with Crippen LogP contribution in [0.4, 0.5) is 0 Å². The fourth-order valence-corrected chi connectivity index (χ4v) is 3.59. The van der Waals surface area contributed by atoms with Gasteiger partial charge in [0.1, 0.15) is 16.1 Å². The summed E-state index contributed by atoms with van der Waals surface area (Å²) in [6.07, 6.45) is 1.71. The maximum absolute atomic E-state index is 12.6. The molecule has 0 bridgehead atoms. The zero-order chi connectivity index (χ0) is 17.1. The van der Waals surface area contributed by atoms with Crippen LogP contribution in [0.1, 0.15) is 19.4 Å². The number of carbonyl (C=O) groups is 2. The molecule has 1 saturated heterocycles. The van der Waals surface area contributed by atoms with Crippen LogP contribution >= 0.6 is 24.0 Å². The molecular weight excluding hydrogens is 334 g/mol. The minimum Gasteiger partial charge on any atom is -0.497 e. The molecule has 0 radical (unpaired) electrons. The van der Waals surface area contributed by atoms with E-state index < -0.39 is 12.0 Å². The van der Waals surface area contributed by atoms with E-state index in [9.17, 15) is 14.7 Å². The molecule has 2 rings (SSSR count). The molecule has 7 heteroatoms. The molecule has 1 aromatic carbocycles. The summed E-state index contributed by atoms with van der Waals surface area (Å²) in [6, 6.07) is 6.27. The highest BCUT2D eigenvalue weighted by atomic mass is 32.2. The van der Waals surface area contributed by atoms with Gasteiger partial charge in [0.15, 0.2) is 0 Å². The predicted octanol–water partition coefficient (Wildman–Crippen LogP) is 3.01. The number of ether oxygens (including phenoxy) is 1. The number of amides is 1. The average molecular weight is 351 g/mol. The summed E-state index contributed by atoms with van der Waals surface area (Å²) in [7, 11) is 1.58. The summed E-state index contributed by atoms with van der Waals surface area (Å²) in [5.74, 6) is -0.935. The van der Waals surface area contributed by atoms with E-state index in [-0.39, 0.29) is 16.1 Å². The van der Waals surface area contributed by atoms with Crippen molar-refractivity contribution < 1.29 is 19.4 Å². The number of thiocarbonyl (C=S) groups is 1. The Morgan fingerprint density at radius 2 is 1.96 bits per heavy atom. The SMILES string of the molecule is COc1ccc(/C=C2/SC(=S)N(C(C(=O)O)C(C)C)C2=O)cc1. The Kier molecular flexibility index (Phi) is 5.43. The van der Waals surface area contributed by atoms with E-state index in [0.29, 0.717) is 4.91 Å². The summed E-state index contributed by atoms with van der Waals surface area (Å²) < 4.78 is 5.37. The minimum atomic E-state index is -1.05. The van der Waals surface area contributed by atoms with E-state index in [1.165, 1.54) is 4.90 Å². The molecule has 1 aliphatic rings. The number of methoxy groups -OCH3 is 1. The van der Waals surface area contributed by atoms with Crippen LogP contribution in [0, 0.1) is 5.92 Å². The van der Waals surface area contributed by atoms with E-state index >= 15 is 0 Å². The lowest BCUT2D eigenvalue weighted by Gasteiger charge is -2.26. The maximum atomic E-state index is 12.6. The van der Waals surface area contributed by atoms with Gasteiger partial charge in [-0.3, -0.25) is 9.69 Å². The molecule has 0 spiro atoms. The third kappa shape index (κ3) is 3.73. The first-order valence-corrected chi connectivity index (χ1v) is 8.21. The van der Waals surface area contributed by atoms with Gasteiger partial charge in [-0.05, 0) is 29.7 Å². The third-order valence-corrected chi connectivity index (χ3v) is 4.73. The van der Waals surface area contributed by atoms with Crippen LogP contribution in [-0.2, 0) is 9.59 Å². The largest absolute Gasteiger partial charge is 0.497 e. The van der Waals surface area contributed by atoms with Gasteiger partial charge in [-0.15, -0.1) is 0 Å². The number of thioether (sulfide) groups is 1. The van der Waals surface area contributed by atoms with Crippen molar-refractivity contribution >= 4 is 46.3 Å². The molecule has 1 aliphatic heterocycles. The van der Waals surface area contributed by atoms with Crippen molar-refractivity contribution in [1.82, 2.24) is 4.90 Å². The van der Waals surface area contributed by atoms with E-state index in [2.05, 4.69) is 0 Å².